The zero-order valence-electron chi connectivity index (χ0n) is 41.6. The molecule has 4 aromatic rings. The lowest BCUT2D eigenvalue weighted by Crippen LogP contribution is -2.58. The molecule has 3 aliphatic rings. The van der Waals surface area contributed by atoms with Crippen molar-refractivity contribution in [3.05, 3.63) is 98.6 Å². The zero-order chi connectivity index (χ0) is 49.5. The first-order valence-corrected chi connectivity index (χ1v) is 23.7. The molecule has 15 nitrogen and oxygen atoms in total. The fourth-order valence-corrected chi connectivity index (χ4v) is 10.9. The second kappa shape index (κ2) is 22.2. The van der Waals surface area contributed by atoms with Crippen molar-refractivity contribution in [2.24, 2.45) is 0 Å². The summed E-state index contributed by atoms with van der Waals surface area (Å²) in [5.41, 5.74) is 8.09. The van der Waals surface area contributed by atoms with E-state index < -0.39 is 11.9 Å². The maximum absolute atomic E-state index is 13.1. The summed E-state index contributed by atoms with van der Waals surface area (Å²) in [6.07, 6.45) is 5.28. The number of ether oxygens (including phenoxy) is 11. The van der Waals surface area contributed by atoms with Crippen LogP contribution >= 0.6 is 11.6 Å². The van der Waals surface area contributed by atoms with Gasteiger partial charge in [-0.25, -0.2) is 9.59 Å². The molecule has 0 radical (unpaired) electrons. The van der Waals surface area contributed by atoms with Crippen LogP contribution in [0.4, 0.5) is 0 Å². The molecule has 0 N–H and O–H groups in total. The van der Waals surface area contributed by atoms with Gasteiger partial charge in [0, 0.05) is 61.3 Å². The van der Waals surface area contributed by atoms with Gasteiger partial charge in [0.2, 0.25) is 5.75 Å². The van der Waals surface area contributed by atoms with Gasteiger partial charge in [-0.05, 0) is 70.8 Å². The van der Waals surface area contributed by atoms with Gasteiger partial charge in [-0.1, -0.05) is 11.6 Å². The van der Waals surface area contributed by atoms with Gasteiger partial charge < -0.3 is 61.1 Å². The number of nitrogens with zero attached hydrogens (tertiary/aromatic N) is 2. The summed E-state index contributed by atoms with van der Waals surface area (Å²) >= 11 is 6.38. The Morgan fingerprint density at radius 1 is 0.551 bits per heavy atom. The Hall–Kier alpha value is -6.03. The Bertz CT molecular complexity index is 2450. The third-order valence-corrected chi connectivity index (χ3v) is 14.6. The van der Waals surface area contributed by atoms with Crippen molar-refractivity contribution in [3.63, 3.8) is 0 Å². The van der Waals surface area contributed by atoms with E-state index in [1.807, 2.05) is 12.1 Å². The normalized spacial score (nSPS) is 20.2. The highest BCUT2D eigenvalue weighted by Crippen LogP contribution is 2.51. The van der Waals surface area contributed by atoms with Gasteiger partial charge in [0.05, 0.1) is 117 Å². The number of fused-ring (bicyclic) bond motifs is 6. The number of rotatable bonds is 21. The molecule has 0 spiro atoms. The molecular formula is C53H67ClN2O13+2. The molecule has 0 aromatic heterocycles. The second-order valence-electron chi connectivity index (χ2n) is 17.9. The maximum atomic E-state index is 13.1. The molecule has 69 heavy (non-hydrogen) atoms. The van der Waals surface area contributed by atoms with E-state index in [1.165, 1.54) is 27.8 Å². The minimum Gasteiger partial charge on any atom is -0.493 e. The number of quaternary nitrogens is 2. The number of likely N-dealkylation sites (N-methyl/N-ethyl adjacent to an activating group) is 1. The Balaban J connectivity index is 0.985. The van der Waals surface area contributed by atoms with Crippen LogP contribution in [0, 0.1) is 0 Å². The third-order valence-electron chi connectivity index (χ3n) is 14.4. The quantitative estimate of drug-likeness (QED) is 0.0349. The number of halogens is 1. The predicted molar refractivity (Wildman–Crippen MR) is 260 cm³/mol. The van der Waals surface area contributed by atoms with Gasteiger partial charge in [0.25, 0.3) is 0 Å². The van der Waals surface area contributed by atoms with Crippen molar-refractivity contribution in [3.8, 4) is 51.7 Å². The number of esters is 2. The van der Waals surface area contributed by atoms with E-state index in [2.05, 4.69) is 43.4 Å². The van der Waals surface area contributed by atoms with Crippen molar-refractivity contribution in [2.75, 3.05) is 117 Å². The largest absolute Gasteiger partial charge is 0.493 e. The minimum absolute atomic E-state index is 0.0106. The van der Waals surface area contributed by atoms with Gasteiger partial charge in [0.1, 0.15) is 17.1 Å². The number of hydrogen-bond acceptors (Lipinski definition) is 13. The lowest BCUT2D eigenvalue weighted by Gasteiger charge is -2.51. The third kappa shape index (κ3) is 10.5. The van der Waals surface area contributed by atoms with Crippen molar-refractivity contribution in [1.82, 2.24) is 0 Å². The molecule has 3 aliphatic heterocycles. The number of carbonyl (C=O) groups excluding carboxylic acids is 2. The highest BCUT2D eigenvalue weighted by Gasteiger charge is 2.48. The lowest BCUT2D eigenvalue weighted by atomic mass is 9.79. The average molecular weight is 976 g/mol. The number of hydrogen-bond donors (Lipinski definition) is 0. The van der Waals surface area contributed by atoms with E-state index >= 15 is 0 Å². The van der Waals surface area contributed by atoms with Crippen molar-refractivity contribution in [2.45, 2.75) is 50.6 Å². The van der Waals surface area contributed by atoms with Crippen LogP contribution in [0.15, 0.2) is 59.6 Å². The van der Waals surface area contributed by atoms with E-state index in [4.69, 9.17) is 63.7 Å². The van der Waals surface area contributed by atoms with Crippen LogP contribution in [0.2, 0.25) is 0 Å². The van der Waals surface area contributed by atoms with Gasteiger partial charge in [-0.3, -0.25) is 0 Å². The molecule has 0 fully saturated rings. The predicted octanol–water partition coefficient (Wildman–Crippen LogP) is 7.76. The minimum atomic E-state index is -0.779. The Morgan fingerprint density at radius 2 is 0.986 bits per heavy atom. The number of benzene rings is 4. The SMILES string of the molecule is COc1cc2c(cc1OC)C1c3cc(OC)c(OC)cc3CC[N+]1(CCCOC(=O)/C(Cl)=C/C(=O)OCCC[N@+]1(C)CCc3cc(OC)c(OC)cc3[C@H]1Cc1cc(OC)c(OC)c(OC)c1)CC2. The molecule has 0 unspecified atom stereocenters. The van der Waals surface area contributed by atoms with Crippen molar-refractivity contribution < 1.29 is 70.7 Å². The second-order valence-corrected chi connectivity index (χ2v) is 18.4. The molecule has 0 saturated heterocycles. The first-order chi connectivity index (χ1) is 33.3. The van der Waals surface area contributed by atoms with E-state index in [1.54, 1.807) is 64.0 Å². The van der Waals surface area contributed by atoms with Gasteiger partial charge >= 0.3 is 11.9 Å². The summed E-state index contributed by atoms with van der Waals surface area (Å²) in [5.74, 6) is 4.25. The smallest absolute Gasteiger partial charge is 0.350 e. The Kier molecular flexibility index (Phi) is 16.3. The molecule has 7 rings (SSSR count). The van der Waals surface area contributed by atoms with E-state index in [0.717, 1.165) is 67.1 Å². The maximum Gasteiger partial charge on any atom is 0.350 e. The summed E-state index contributed by atoms with van der Waals surface area (Å²) in [7, 11) is 16.9. The topological polar surface area (TPSA) is 136 Å². The molecule has 0 amide bonds. The van der Waals surface area contributed by atoms with Gasteiger partial charge in [0.15, 0.2) is 46.0 Å². The van der Waals surface area contributed by atoms with Crippen LogP contribution in [-0.2, 0) is 44.7 Å². The van der Waals surface area contributed by atoms with E-state index in [9.17, 15) is 9.59 Å². The highest BCUT2D eigenvalue weighted by molar-refractivity contribution is 6.42. The Labute approximate surface area is 410 Å². The average Bonchev–Trinajstić information content (AvgIpc) is 3.37. The molecular weight excluding hydrogens is 908 g/mol. The first-order valence-electron chi connectivity index (χ1n) is 23.3. The van der Waals surface area contributed by atoms with Crippen LogP contribution in [0.25, 0.3) is 0 Å². The molecule has 3 heterocycles. The van der Waals surface area contributed by atoms with Gasteiger partial charge in [-0.15, -0.1) is 0 Å². The molecule has 0 bridgehead atoms. The molecule has 372 valence electrons. The van der Waals surface area contributed by atoms with Crippen LogP contribution in [-0.4, -0.2) is 138 Å². The highest BCUT2D eigenvalue weighted by atomic mass is 35.5. The number of carbonyl (C=O) groups is 2. The Morgan fingerprint density at radius 3 is 1.48 bits per heavy atom. The van der Waals surface area contributed by atoms with Crippen LogP contribution < -0.4 is 42.6 Å². The molecule has 0 aliphatic carbocycles. The molecule has 0 saturated carbocycles. The van der Waals surface area contributed by atoms with Crippen LogP contribution in [0.1, 0.15) is 63.9 Å². The van der Waals surface area contributed by atoms with Crippen LogP contribution in [0.5, 0.6) is 51.7 Å². The van der Waals surface area contributed by atoms with Crippen molar-refractivity contribution in [1.29, 1.82) is 0 Å². The summed E-state index contributed by atoms with van der Waals surface area (Å²) in [6.45, 7) is 4.27. The standard InChI is InChI=1S/C53H67ClN2O13/c1-55(18-13-34-26-42(59-2)45(62-5)29-37(34)41(55)23-33-24-48(65-8)52(67-10)49(25-33)66-9)16-11-21-68-50(57)32-40(54)53(58)69-22-12-17-56-19-14-35-27-43(60-3)46(63-6)30-38(35)51(56)39-31-47(64-7)44(61-4)28-36(39)15-20-56/h24-32,41,51H,11-23H2,1-10H3/q+2/b40-32-/t41-,51?,55-,56?/m1/s1. The zero-order valence-corrected chi connectivity index (χ0v) is 42.4. The van der Waals surface area contributed by atoms with Crippen LogP contribution in [0.3, 0.4) is 0 Å². The summed E-state index contributed by atoms with van der Waals surface area (Å²) in [6, 6.07) is 16.4. The first kappa shape index (κ1) is 50.8. The van der Waals surface area contributed by atoms with E-state index in [-0.39, 0.29) is 30.3 Å². The molecule has 4 aromatic carbocycles. The summed E-state index contributed by atoms with van der Waals surface area (Å²) in [4.78, 5) is 26.2. The van der Waals surface area contributed by atoms with Crippen molar-refractivity contribution >= 4 is 23.5 Å². The monoisotopic (exact) mass is 974 g/mol. The fourth-order valence-electron chi connectivity index (χ4n) is 10.8. The van der Waals surface area contributed by atoms with Gasteiger partial charge in [-0.2, -0.15) is 0 Å². The fraction of sp³-hybridized carbons (Fsp3) is 0.472. The number of methoxy groups -OCH3 is 9. The summed E-state index contributed by atoms with van der Waals surface area (Å²) < 4.78 is 64.0. The molecule has 16 heteroatoms. The van der Waals surface area contributed by atoms with E-state index in [0.29, 0.717) is 82.0 Å². The lowest BCUT2D eigenvalue weighted by molar-refractivity contribution is -0.955. The molecule has 2 atom stereocenters. The summed E-state index contributed by atoms with van der Waals surface area (Å²) in [5, 5.41) is -0.341.